The van der Waals surface area contributed by atoms with E-state index in [9.17, 15) is 4.79 Å². The highest BCUT2D eigenvalue weighted by molar-refractivity contribution is 6.30. The number of aromatic nitrogens is 2. The number of pyridine rings is 1. The minimum absolute atomic E-state index is 0.472. The lowest BCUT2D eigenvalue weighted by molar-refractivity contribution is -0.164. The molecule has 0 aliphatic carbocycles. The van der Waals surface area contributed by atoms with Crippen LogP contribution in [0.4, 0.5) is 0 Å². The fraction of sp³-hybridized carbons (Fsp3) is 0.367. The number of allylic oxidation sites excluding steroid dienone is 2. The summed E-state index contributed by atoms with van der Waals surface area (Å²) < 4.78 is 13.7. The number of aryl methyl sites for hydroxylation is 2. The van der Waals surface area contributed by atoms with Crippen LogP contribution in [0.2, 0.25) is 5.02 Å². The van der Waals surface area contributed by atoms with Crippen LogP contribution < -0.4 is 0 Å². The van der Waals surface area contributed by atoms with Gasteiger partial charge < -0.3 is 14.0 Å². The normalized spacial score (nSPS) is 13.4. The Labute approximate surface area is 224 Å². The van der Waals surface area contributed by atoms with Gasteiger partial charge in [0.1, 0.15) is 5.65 Å². The SMILES string of the molecule is C=C/N=C\C(=C/C)Cn1c(C)c(C)c2c(-c3ccc(Cl)cc3)c(C(OC(C)(C)C)C(=O)OC)c(C)nc21. The predicted octanol–water partition coefficient (Wildman–Crippen LogP) is 7.47. The molecule has 0 amide bonds. The molecule has 3 aromatic rings. The Morgan fingerprint density at radius 2 is 1.86 bits per heavy atom. The maximum atomic E-state index is 13.1. The van der Waals surface area contributed by atoms with E-state index in [2.05, 4.69) is 30.0 Å². The molecule has 196 valence electrons. The van der Waals surface area contributed by atoms with Crippen molar-refractivity contribution in [2.24, 2.45) is 4.99 Å². The van der Waals surface area contributed by atoms with Gasteiger partial charge in [-0.25, -0.2) is 9.78 Å². The van der Waals surface area contributed by atoms with Gasteiger partial charge in [0.2, 0.25) is 0 Å². The molecule has 2 heterocycles. The second-order valence-corrected chi connectivity index (χ2v) is 10.4. The first-order valence-corrected chi connectivity index (χ1v) is 12.6. The second-order valence-electron chi connectivity index (χ2n) is 9.95. The van der Waals surface area contributed by atoms with Crippen LogP contribution in [0.5, 0.6) is 0 Å². The summed E-state index contributed by atoms with van der Waals surface area (Å²) in [5.41, 5.74) is 6.60. The first-order valence-electron chi connectivity index (χ1n) is 12.2. The number of carbonyl (C=O) groups excluding carboxylic acids is 1. The second kappa shape index (κ2) is 11.4. The third-order valence-corrected chi connectivity index (χ3v) is 6.58. The molecule has 0 radical (unpaired) electrons. The lowest BCUT2D eigenvalue weighted by Crippen LogP contribution is -2.29. The summed E-state index contributed by atoms with van der Waals surface area (Å²) in [5.74, 6) is -0.472. The number of halogens is 1. The number of esters is 1. The Hall–Kier alpha value is -3.22. The highest BCUT2D eigenvalue weighted by atomic mass is 35.5. The van der Waals surface area contributed by atoms with Gasteiger partial charge in [0, 0.05) is 45.3 Å². The Morgan fingerprint density at radius 3 is 2.41 bits per heavy atom. The minimum atomic E-state index is -0.957. The predicted molar refractivity (Wildman–Crippen MR) is 152 cm³/mol. The van der Waals surface area contributed by atoms with Crippen molar-refractivity contribution < 1.29 is 14.3 Å². The highest BCUT2D eigenvalue weighted by Crippen LogP contribution is 2.42. The molecular weight excluding hydrogens is 486 g/mol. The summed E-state index contributed by atoms with van der Waals surface area (Å²) in [5, 5.41) is 1.59. The molecule has 0 saturated carbocycles. The van der Waals surface area contributed by atoms with Crippen molar-refractivity contribution in [3.8, 4) is 11.1 Å². The Kier molecular flexibility index (Phi) is 8.77. The molecule has 1 aromatic carbocycles. The molecule has 37 heavy (non-hydrogen) atoms. The van der Waals surface area contributed by atoms with Crippen molar-refractivity contribution in [1.29, 1.82) is 0 Å². The van der Waals surface area contributed by atoms with Crippen molar-refractivity contribution in [3.05, 3.63) is 76.2 Å². The van der Waals surface area contributed by atoms with Crippen molar-refractivity contribution in [3.63, 3.8) is 0 Å². The van der Waals surface area contributed by atoms with E-state index in [-0.39, 0.29) is 0 Å². The van der Waals surface area contributed by atoms with Crippen LogP contribution in [0.15, 0.2) is 53.7 Å². The molecule has 0 aliphatic heterocycles. The fourth-order valence-corrected chi connectivity index (χ4v) is 4.57. The van der Waals surface area contributed by atoms with Crippen molar-refractivity contribution in [2.45, 2.75) is 66.7 Å². The van der Waals surface area contributed by atoms with Gasteiger partial charge in [-0.05, 0) is 77.3 Å². The number of ether oxygens (including phenoxy) is 2. The van der Waals surface area contributed by atoms with Gasteiger partial charge in [0.05, 0.1) is 19.3 Å². The monoisotopic (exact) mass is 521 g/mol. The third-order valence-electron chi connectivity index (χ3n) is 6.32. The average molecular weight is 522 g/mol. The topological polar surface area (TPSA) is 65.7 Å². The van der Waals surface area contributed by atoms with Gasteiger partial charge in [0.15, 0.2) is 6.10 Å². The first-order chi connectivity index (χ1) is 17.4. The van der Waals surface area contributed by atoms with Crippen LogP contribution in [0.25, 0.3) is 22.2 Å². The summed E-state index contributed by atoms with van der Waals surface area (Å²) >= 11 is 6.25. The van der Waals surface area contributed by atoms with E-state index in [1.54, 1.807) is 6.21 Å². The van der Waals surface area contributed by atoms with E-state index in [0.29, 0.717) is 22.8 Å². The quantitative estimate of drug-likeness (QED) is 0.228. The molecule has 2 aromatic heterocycles. The number of methoxy groups -OCH3 is 1. The van der Waals surface area contributed by atoms with Gasteiger partial charge in [-0.2, -0.15) is 0 Å². The molecule has 0 bridgehead atoms. The van der Waals surface area contributed by atoms with Crippen LogP contribution in [-0.4, -0.2) is 34.4 Å². The molecule has 0 aliphatic rings. The van der Waals surface area contributed by atoms with E-state index in [1.165, 1.54) is 13.3 Å². The van der Waals surface area contributed by atoms with Gasteiger partial charge in [0.25, 0.3) is 0 Å². The largest absolute Gasteiger partial charge is 0.467 e. The van der Waals surface area contributed by atoms with E-state index >= 15 is 0 Å². The van der Waals surface area contributed by atoms with Crippen LogP contribution in [-0.2, 0) is 20.8 Å². The molecule has 1 atom stereocenters. The number of carbonyl (C=O) groups is 1. The minimum Gasteiger partial charge on any atom is -0.467 e. The number of hydrogen-bond acceptors (Lipinski definition) is 5. The van der Waals surface area contributed by atoms with E-state index in [1.807, 2.05) is 65.0 Å². The van der Waals surface area contributed by atoms with Crippen LogP contribution >= 0.6 is 11.6 Å². The lowest BCUT2D eigenvalue weighted by atomic mass is 9.91. The fourth-order valence-electron chi connectivity index (χ4n) is 4.45. The number of fused-ring (bicyclic) bond motifs is 1. The summed E-state index contributed by atoms with van der Waals surface area (Å²) in [6.45, 7) is 18.1. The smallest absolute Gasteiger partial charge is 0.339 e. The molecule has 6 nitrogen and oxygen atoms in total. The van der Waals surface area contributed by atoms with Crippen LogP contribution in [0.3, 0.4) is 0 Å². The summed E-state index contributed by atoms with van der Waals surface area (Å²) in [6.07, 6.45) is 4.39. The summed E-state index contributed by atoms with van der Waals surface area (Å²) in [4.78, 5) is 22.4. The highest BCUT2D eigenvalue weighted by Gasteiger charge is 2.34. The van der Waals surface area contributed by atoms with Gasteiger partial charge in [-0.3, -0.25) is 4.99 Å². The number of hydrogen-bond donors (Lipinski definition) is 0. The molecule has 0 fully saturated rings. The molecule has 7 heteroatoms. The maximum absolute atomic E-state index is 13.1. The van der Waals surface area contributed by atoms with E-state index in [0.717, 1.165) is 39.0 Å². The molecule has 3 rings (SSSR count). The van der Waals surface area contributed by atoms with E-state index < -0.39 is 17.7 Å². The number of nitrogens with zero attached hydrogens (tertiary/aromatic N) is 3. The number of benzene rings is 1. The summed E-state index contributed by atoms with van der Waals surface area (Å²) in [6, 6.07) is 7.63. The average Bonchev–Trinajstić information content (AvgIpc) is 3.08. The zero-order chi connectivity index (χ0) is 27.5. The molecule has 1 unspecified atom stereocenters. The standard InChI is InChI=1S/C30H36ClN3O3/c1-10-21(16-32-11-2)17-34-20(5)18(3)24-26(22-12-14-23(31)15-13-22)25(19(4)33-28(24)34)27(29(35)36-9)37-30(6,7)8/h10-16,27H,2,17H2,1,3-9H3/b21-10+,32-16-. The Balaban J connectivity index is 2.45. The molecule has 0 spiro atoms. The van der Waals surface area contributed by atoms with Crippen molar-refractivity contribution in [1.82, 2.24) is 9.55 Å². The van der Waals surface area contributed by atoms with Crippen LogP contribution in [0, 0.1) is 20.8 Å². The van der Waals surface area contributed by atoms with Crippen molar-refractivity contribution >= 4 is 34.8 Å². The molecular formula is C30H36ClN3O3. The summed E-state index contributed by atoms with van der Waals surface area (Å²) in [7, 11) is 1.37. The number of aliphatic imine (C=N–C) groups is 1. The zero-order valence-electron chi connectivity index (χ0n) is 23.0. The van der Waals surface area contributed by atoms with Gasteiger partial charge in [-0.15, -0.1) is 0 Å². The van der Waals surface area contributed by atoms with Crippen molar-refractivity contribution in [2.75, 3.05) is 7.11 Å². The van der Waals surface area contributed by atoms with E-state index in [4.69, 9.17) is 26.1 Å². The van der Waals surface area contributed by atoms with Gasteiger partial charge in [-0.1, -0.05) is 36.4 Å². The zero-order valence-corrected chi connectivity index (χ0v) is 23.7. The maximum Gasteiger partial charge on any atom is 0.339 e. The number of rotatable bonds is 8. The molecule has 0 saturated heterocycles. The van der Waals surface area contributed by atoms with Crippen LogP contribution in [0.1, 0.15) is 56.3 Å². The Morgan fingerprint density at radius 1 is 1.22 bits per heavy atom. The van der Waals surface area contributed by atoms with Gasteiger partial charge >= 0.3 is 5.97 Å². The third kappa shape index (κ3) is 6.03. The molecule has 0 N–H and O–H groups in total. The lowest BCUT2D eigenvalue weighted by Gasteiger charge is -2.29. The first kappa shape index (κ1) is 28.4. The Bertz CT molecular complexity index is 1380.